The topological polar surface area (TPSA) is 148 Å². The van der Waals surface area contributed by atoms with Crippen LogP contribution in [0.2, 0.25) is 0 Å². The molecule has 49 heavy (non-hydrogen) atoms. The second kappa shape index (κ2) is 11.7. The molecule has 1 spiro atoms. The van der Waals surface area contributed by atoms with E-state index in [9.17, 15) is 19.5 Å². The van der Waals surface area contributed by atoms with Crippen molar-refractivity contribution in [1.29, 1.82) is 0 Å². The van der Waals surface area contributed by atoms with E-state index < -0.39 is 88.2 Å². The molecule has 14 atom stereocenters. The zero-order valence-corrected chi connectivity index (χ0v) is 29.4. The van der Waals surface area contributed by atoms with E-state index in [1.165, 1.54) is 21.0 Å². The lowest BCUT2D eigenvalue weighted by molar-refractivity contribution is -0.591. The van der Waals surface area contributed by atoms with Crippen LogP contribution in [0.4, 0.5) is 0 Å². The molecule has 5 saturated carbocycles. The zero-order valence-electron chi connectivity index (χ0n) is 29.4. The lowest BCUT2D eigenvalue weighted by atomic mass is 9.43. The van der Waals surface area contributed by atoms with E-state index in [0.717, 1.165) is 0 Å². The SMILES string of the molecule is COC[C@]12C=[N+](C)[C@@H]3[C@H]4[C@H](OC)[C@H]1[C@@]3([C@@H](OC)C[C@H]2OC(C)=O)[C@@H]1C[C@]2(O)[C@@H](OC)C[C@@]4(OC(C)=O)[C@H]1[C@H]2OC(=O)c1ccc(OC)cc1. The van der Waals surface area contributed by atoms with Crippen molar-refractivity contribution in [3.05, 3.63) is 29.8 Å². The van der Waals surface area contributed by atoms with Gasteiger partial charge in [0, 0.05) is 67.0 Å². The van der Waals surface area contributed by atoms with Crippen molar-refractivity contribution >= 4 is 24.1 Å². The van der Waals surface area contributed by atoms with E-state index in [-0.39, 0.29) is 37.0 Å². The predicted molar refractivity (Wildman–Crippen MR) is 170 cm³/mol. The maximum absolute atomic E-state index is 13.9. The van der Waals surface area contributed by atoms with Gasteiger partial charge in [0.05, 0.1) is 48.9 Å². The van der Waals surface area contributed by atoms with Gasteiger partial charge in [0.1, 0.15) is 41.6 Å². The first-order valence-electron chi connectivity index (χ1n) is 16.9. The summed E-state index contributed by atoms with van der Waals surface area (Å²) in [6.07, 6.45) is -0.744. The summed E-state index contributed by atoms with van der Waals surface area (Å²) in [6.45, 7) is 2.99. The molecule has 1 aromatic carbocycles. The number of benzene rings is 1. The van der Waals surface area contributed by atoms with Crippen molar-refractivity contribution in [2.45, 2.75) is 80.9 Å². The van der Waals surface area contributed by atoms with Gasteiger partial charge in [-0.3, -0.25) is 9.59 Å². The van der Waals surface area contributed by atoms with Gasteiger partial charge in [0.25, 0.3) is 0 Å². The van der Waals surface area contributed by atoms with E-state index in [2.05, 4.69) is 10.8 Å². The third kappa shape index (κ3) is 4.28. The molecule has 0 saturated heterocycles. The van der Waals surface area contributed by atoms with Crippen LogP contribution in [0.25, 0.3) is 0 Å². The Morgan fingerprint density at radius 1 is 0.878 bits per heavy atom. The summed E-state index contributed by atoms with van der Waals surface area (Å²) in [4.78, 5) is 39.8. The van der Waals surface area contributed by atoms with Crippen LogP contribution >= 0.6 is 0 Å². The van der Waals surface area contributed by atoms with Gasteiger partial charge in [-0.25, -0.2) is 9.37 Å². The third-order valence-electron chi connectivity index (χ3n) is 13.2. The second-order valence-electron chi connectivity index (χ2n) is 14.9. The van der Waals surface area contributed by atoms with Crippen molar-refractivity contribution in [3.8, 4) is 5.75 Å². The first kappa shape index (κ1) is 34.4. The lowest BCUT2D eigenvalue weighted by Gasteiger charge is -2.63. The van der Waals surface area contributed by atoms with Gasteiger partial charge in [0.15, 0.2) is 12.3 Å². The number of hydrogen-bond acceptors (Lipinski definition) is 12. The van der Waals surface area contributed by atoms with Crippen LogP contribution in [0.5, 0.6) is 5.75 Å². The predicted octanol–water partition coefficient (Wildman–Crippen LogP) is 1.65. The lowest BCUT2D eigenvalue weighted by Crippen LogP contribution is -2.77. The Bertz CT molecular complexity index is 1550. The summed E-state index contributed by atoms with van der Waals surface area (Å²) >= 11 is 0. The van der Waals surface area contributed by atoms with Crippen molar-refractivity contribution in [1.82, 2.24) is 0 Å². The van der Waals surface area contributed by atoms with Crippen LogP contribution in [-0.2, 0) is 42.7 Å². The average Bonchev–Trinajstić information content (AvgIpc) is 3.45. The number of aliphatic hydroxyl groups is 1. The smallest absolute Gasteiger partial charge is 0.338 e. The molecule has 0 aromatic heterocycles. The Morgan fingerprint density at radius 3 is 2.14 bits per heavy atom. The number of rotatable bonds is 10. The van der Waals surface area contributed by atoms with Crippen LogP contribution in [0, 0.1) is 34.5 Å². The number of carbonyl (C=O) groups is 3. The molecule has 5 aliphatic carbocycles. The van der Waals surface area contributed by atoms with Gasteiger partial charge in [0.2, 0.25) is 0 Å². The van der Waals surface area contributed by atoms with Crippen LogP contribution in [0.3, 0.4) is 0 Å². The largest absolute Gasteiger partial charge is 0.497 e. The minimum absolute atomic E-state index is 0.164. The van der Waals surface area contributed by atoms with E-state index >= 15 is 0 Å². The number of ether oxygens (including phenoxy) is 8. The molecular formula is C36H48NO12+. The van der Waals surface area contributed by atoms with Gasteiger partial charge in [-0.15, -0.1) is 0 Å². The molecule has 268 valence electrons. The fraction of sp³-hybridized carbons (Fsp3) is 0.722. The molecule has 1 N–H and O–H groups in total. The molecule has 1 heterocycles. The molecule has 7 bridgehead atoms. The van der Waals surface area contributed by atoms with Crippen molar-refractivity contribution < 1.29 is 62.0 Å². The molecular weight excluding hydrogens is 638 g/mol. The normalized spacial score (nSPS) is 45.3. The highest BCUT2D eigenvalue weighted by Gasteiger charge is 2.92. The maximum atomic E-state index is 13.9. The highest BCUT2D eigenvalue weighted by Crippen LogP contribution is 2.79. The summed E-state index contributed by atoms with van der Waals surface area (Å²) in [5, 5.41) is 12.8. The zero-order chi connectivity index (χ0) is 35.3. The maximum Gasteiger partial charge on any atom is 0.338 e. The molecule has 0 amide bonds. The molecule has 6 aliphatic rings. The highest BCUT2D eigenvalue weighted by atomic mass is 16.6. The van der Waals surface area contributed by atoms with Crippen LogP contribution in [-0.4, -0.2) is 131 Å². The molecule has 0 radical (unpaired) electrons. The monoisotopic (exact) mass is 686 g/mol. The molecule has 13 nitrogen and oxygen atoms in total. The van der Waals surface area contributed by atoms with Crippen molar-refractivity contribution in [2.75, 3.05) is 49.2 Å². The van der Waals surface area contributed by atoms with E-state index in [0.29, 0.717) is 12.2 Å². The Kier molecular flexibility index (Phi) is 8.22. The van der Waals surface area contributed by atoms with Crippen LogP contribution in [0.1, 0.15) is 43.5 Å². The van der Waals surface area contributed by atoms with Crippen LogP contribution < -0.4 is 4.74 Å². The molecule has 5 fully saturated rings. The average molecular weight is 687 g/mol. The first-order chi connectivity index (χ1) is 23.3. The highest BCUT2D eigenvalue weighted by molar-refractivity contribution is 5.89. The molecule has 1 aliphatic heterocycles. The summed E-state index contributed by atoms with van der Waals surface area (Å²) in [5.74, 6) is -2.86. The Labute approximate surface area is 286 Å². The minimum atomic E-state index is -1.62. The molecule has 1 aromatic rings. The molecule has 0 unspecified atom stereocenters. The van der Waals surface area contributed by atoms with Gasteiger partial charge in [-0.05, 0) is 36.6 Å². The first-order valence-corrected chi connectivity index (χ1v) is 16.9. The fourth-order valence-electron chi connectivity index (χ4n) is 12.3. The minimum Gasteiger partial charge on any atom is -0.497 e. The summed E-state index contributed by atoms with van der Waals surface area (Å²) < 4.78 is 51.6. The van der Waals surface area contributed by atoms with Crippen molar-refractivity contribution in [3.63, 3.8) is 0 Å². The molecule has 13 heteroatoms. The Hall–Kier alpha value is -3.10. The molecule has 7 rings (SSSR count). The van der Waals surface area contributed by atoms with Gasteiger partial charge < -0.3 is 43.0 Å². The number of fused-ring (bicyclic) bond motifs is 2. The van der Waals surface area contributed by atoms with Gasteiger partial charge >= 0.3 is 17.9 Å². The van der Waals surface area contributed by atoms with Crippen LogP contribution in [0.15, 0.2) is 24.3 Å². The number of methoxy groups -OCH3 is 5. The summed E-state index contributed by atoms with van der Waals surface area (Å²) in [5.41, 5.74) is -4.22. The number of hydrogen-bond donors (Lipinski definition) is 1. The quantitative estimate of drug-likeness (QED) is 0.217. The Balaban J connectivity index is 1.47. The standard InChI is InChI=1S/C36H48NO12/c1-18(38)47-23-13-24(44-6)36-22-14-34(41)25(45-7)15-35(49-19(2)39,26(22)31(34)48-32(40)20-9-11-21(43-5)12-10-20)27-28(46-8)29(36)33(23,17-42-4)16-37(3)30(27)36/h9-12,16,22-31,41H,13-15,17H2,1-8H3/q+1/t22-,23-,24+,25+,26-,27-,28+,29-,30-,31-,33+,34+,35-,36+/m1/s1. The third-order valence-corrected chi connectivity index (χ3v) is 13.2. The summed E-state index contributed by atoms with van der Waals surface area (Å²) in [6, 6.07) is 6.28. The van der Waals surface area contributed by atoms with E-state index in [1.807, 2.05) is 7.05 Å². The van der Waals surface area contributed by atoms with Gasteiger partial charge in [-0.1, -0.05) is 0 Å². The number of esters is 3. The second-order valence-corrected chi connectivity index (χ2v) is 14.9. The Morgan fingerprint density at radius 2 is 1.57 bits per heavy atom. The van der Waals surface area contributed by atoms with E-state index in [1.54, 1.807) is 52.7 Å². The van der Waals surface area contributed by atoms with Gasteiger partial charge in [-0.2, -0.15) is 0 Å². The van der Waals surface area contributed by atoms with E-state index in [4.69, 9.17) is 37.9 Å². The summed E-state index contributed by atoms with van der Waals surface area (Å²) in [7, 11) is 9.98. The fourth-order valence-corrected chi connectivity index (χ4v) is 12.3. The number of carbonyl (C=O) groups excluding carboxylic acids is 3. The van der Waals surface area contributed by atoms with Crippen molar-refractivity contribution in [2.24, 2.45) is 34.5 Å². The number of nitrogens with zero attached hydrogens (tertiary/aromatic N) is 1.